The average Bonchev–Trinajstić information content (AvgIpc) is 2.88. The van der Waals surface area contributed by atoms with Crippen molar-refractivity contribution >= 4 is 27.5 Å². The lowest BCUT2D eigenvalue weighted by molar-refractivity contribution is 0.414. The molecule has 1 saturated carbocycles. The maximum atomic E-state index is 6.29. The molecule has 0 amide bonds. The maximum absolute atomic E-state index is 6.29. The molecular formula is C15H20BrClO. The molecule has 1 aliphatic carbocycles. The Labute approximate surface area is 123 Å². The van der Waals surface area contributed by atoms with Crippen LogP contribution >= 0.6 is 27.5 Å². The van der Waals surface area contributed by atoms with Gasteiger partial charge in [0.1, 0.15) is 5.75 Å². The molecule has 2 rings (SSSR count). The molecule has 0 bridgehead atoms. The predicted molar refractivity (Wildman–Crippen MR) is 80.9 cm³/mol. The molecule has 0 N–H and O–H groups in total. The minimum Gasteiger partial charge on any atom is -0.497 e. The van der Waals surface area contributed by atoms with Crippen LogP contribution < -0.4 is 4.74 Å². The zero-order valence-electron chi connectivity index (χ0n) is 10.8. The van der Waals surface area contributed by atoms with Gasteiger partial charge in [0.05, 0.1) is 7.11 Å². The first-order valence-corrected chi connectivity index (χ1v) is 7.97. The van der Waals surface area contributed by atoms with Gasteiger partial charge in [-0.1, -0.05) is 59.3 Å². The molecule has 18 heavy (non-hydrogen) atoms. The first-order valence-electron chi connectivity index (χ1n) is 6.68. The molecule has 0 spiro atoms. The van der Waals surface area contributed by atoms with E-state index in [1.54, 1.807) is 7.11 Å². The molecule has 1 fully saturated rings. The maximum Gasteiger partial charge on any atom is 0.120 e. The Balaban J connectivity index is 1.93. The second kappa shape index (κ2) is 6.81. The van der Waals surface area contributed by atoms with Gasteiger partial charge >= 0.3 is 0 Å². The van der Waals surface area contributed by atoms with Crippen molar-refractivity contribution in [3.05, 3.63) is 28.8 Å². The molecule has 0 radical (unpaired) electrons. The molecule has 1 unspecified atom stereocenters. The lowest BCUT2D eigenvalue weighted by Crippen LogP contribution is -1.98. The SMILES string of the molecule is COc1ccc(C(Br)CCC2CCCC2)c(Cl)c1. The molecule has 0 aliphatic heterocycles. The average molecular weight is 332 g/mol. The van der Waals surface area contributed by atoms with Crippen molar-refractivity contribution in [1.29, 1.82) is 0 Å². The second-order valence-corrected chi connectivity index (χ2v) is 6.60. The van der Waals surface area contributed by atoms with E-state index in [9.17, 15) is 0 Å². The standard InChI is InChI=1S/C15H20BrClO/c1-18-12-7-8-13(15(17)10-12)14(16)9-6-11-4-2-3-5-11/h7-8,10-11,14H,2-6,9H2,1H3. The quantitative estimate of drug-likeness (QED) is 0.624. The van der Waals surface area contributed by atoms with Crippen LogP contribution in [0.25, 0.3) is 0 Å². The third-order valence-electron chi connectivity index (χ3n) is 3.85. The number of hydrogen-bond donors (Lipinski definition) is 0. The van der Waals surface area contributed by atoms with Crippen molar-refractivity contribution in [2.24, 2.45) is 5.92 Å². The van der Waals surface area contributed by atoms with Gasteiger partial charge in [-0.3, -0.25) is 0 Å². The first-order chi connectivity index (χ1) is 8.70. The summed E-state index contributed by atoms with van der Waals surface area (Å²) in [5.74, 6) is 1.75. The predicted octanol–water partition coefficient (Wildman–Crippen LogP) is 5.76. The molecule has 1 nitrogen and oxygen atoms in total. The Kier molecular flexibility index (Phi) is 5.38. The van der Waals surface area contributed by atoms with Gasteiger partial charge in [0.25, 0.3) is 0 Å². The summed E-state index contributed by atoms with van der Waals surface area (Å²) >= 11 is 10.1. The topological polar surface area (TPSA) is 9.23 Å². The van der Waals surface area contributed by atoms with E-state index in [0.29, 0.717) is 4.83 Å². The van der Waals surface area contributed by atoms with Crippen LogP contribution in [-0.2, 0) is 0 Å². The highest BCUT2D eigenvalue weighted by Gasteiger charge is 2.18. The van der Waals surface area contributed by atoms with Crippen molar-refractivity contribution in [3.8, 4) is 5.75 Å². The zero-order valence-corrected chi connectivity index (χ0v) is 13.1. The molecule has 3 heteroatoms. The number of methoxy groups -OCH3 is 1. The molecule has 1 aromatic rings. The molecular weight excluding hydrogens is 312 g/mol. The molecule has 0 aromatic heterocycles. The van der Waals surface area contributed by atoms with E-state index in [1.807, 2.05) is 12.1 Å². The van der Waals surface area contributed by atoms with Gasteiger partial charge in [0, 0.05) is 9.85 Å². The van der Waals surface area contributed by atoms with Crippen LogP contribution in [0.3, 0.4) is 0 Å². The van der Waals surface area contributed by atoms with E-state index in [1.165, 1.54) is 37.7 Å². The largest absolute Gasteiger partial charge is 0.497 e. The van der Waals surface area contributed by atoms with Gasteiger partial charge in [-0.25, -0.2) is 0 Å². The fourth-order valence-corrected chi connectivity index (χ4v) is 3.82. The van der Waals surface area contributed by atoms with Crippen LogP contribution in [0.15, 0.2) is 18.2 Å². The van der Waals surface area contributed by atoms with Gasteiger partial charge in [0.2, 0.25) is 0 Å². The summed E-state index contributed by atoms with van der Waals surface area (Å²) in [4.78, 5) is 0.358. The lowest BCUT2D eigenvalue weighted by atomic mass is 9.98. The number of halogens is 2. The zero-order chi connectivity index (χ0) is 13.0. The summed E-state index contributed by atoms with van der Waals surface area (Å²) in [5.41, 5.74) is 1.18. The Morgan fingerprint density at radius 2 is 2.11 bits per heavy atom. The molecule has 0 heterocycles. The van der Waals surface area contributed by atoms with Crippen LogP contribution in [0.4, 0.5) is 0 Å². The second-order valence-electron chi connectivity index (χ2n) is 5.08. The van der Waals surface area contributed by atoms with E-state index < -0.39 is 0 Å². The van der Waals surface area contributed by atoms with Gasteiger partial charge in [0.15, 0.2) is 0 Å². The van der Waals surface area contributed by atoms with Gasteiger partial charge in [-0.05, 0) is 36.5 Å². The highest BCUT2D eigenvalue weighted by Crippen LogP contribution is 2.38. The number of hydrogen-bond acceptors (Lipinski definition) is 1. The fraction of sp³-hybridized carbons (Fsp3) is 0.600. The molecule has 0 saturated heterocycles. The number of alkyl halides is 1. The van der Waals surface area contributed by atoms with E-state index in [4.69, 9.17) is 16.3 Å². The van der Waals surface area contributed by atoms with Crippen LogP contribution in [0.1, 0.15) is 48.9 Å². The Hall–Kier alpha value is -0.210. The lowest BCUT2D eigenvalue weighted by Gasteiger charge is -2.15. The molecule has 100 valence electrons. The highest BCUT2D eigenvalue weighted by molar-refractivity contribution is 9.09. The summed E-state index contributed by atoms with van der Waals surface area (Å²) in [6.45, 7) is 0. The van der Waals surface area contributed by atoms with Crippen LogP contribution in [0.5, 0.6) is 5.75 Å². The number of ether oxygens (including phenoxy) is 1. The van der Waals surface area contributed by atoms with Crippen molar-refractivity contribution in [2.45, 2.75) is 43.4 Å². The fourth-order valence-electron chi connectivity index (χ4n) is 2.73. The molecule has 1 aliphatic rings. The van der Waals surface area contributed by atoms with Crippen LogP contribution in [0, 0.1) is 5.92 Å². The van der Waals surface area contributed by atoms with Crippen molar-refractivity contribution < 1.29 is 4.74 Å². The van der Waals surface area contributed by atoms with Crippen molar-refractivity contribution in [2.75, 3.05) is 7.11 Å². The summed E-state index contributed by atoms with van der Waals surface area (Å²) in [7, 11) is 1.66. The summed E-state index contributed by atoms with van der Waals surface area (Å²) in [6, 6.07) is 5.93. The van der Waals surface area contributed by atoms with Gasteiger partial charge < -0.3 is 4.74 Å². The summed E-state index contributed by atoms with van der Waals surface area (Å²) in [5, 5.41) is 0.794. The van der Waals surface area contributed by atoms with Crippen LogP contribution in [0.2, 0.25) is 5.02 Å². The molecule has 1 atom stereocenters. The monoisotopic (exact) mass is 330 g/mol. The van der Waals surface area contributed by atoms with E-state index in [-0.39, 0.29) is 0 Å². The Bertz CT molecular complexity index is 388. The summed E-state index contributed by atoms with van der Waals surface area (Å²) < 4.78 is 5.17. The van der Waals surface area contributed by atoms with Crippen molar-refractivity contribution in [3.63, 3.8) is 0 Å². The van der Waals surface area contributed by atoms with Gasteiger partial charge in [-0.15, -0.1) is 0 Å². The number of benzene rings is 1. The summed E-state index contributed by atoms with van der Waals surface area (Å²) in [6.07, 6.45) is 8.13. The number of rotatable bonds is 5. The highest BCUT2D eigenvalue weighted by atomic mass is 79.9. The van der Waals surface area contributed by atoms with E-state index in [0.717, 1.165) is 23.1 Å². The normalized spacial score (nSPS) is 17.9. The first kappa shape index (κ1) is 14.2. The minimum atomic E-state index is 0.358. The van der Waals surface area contributed by atoms with Gasteiger partial charge in [-0.2, -0.15) is 0 Å². The van der Waals surface area contributed by atoms with E-state index in [2.05, 4.69) is 22.0 Å². The smallest absolute Gasteiger partial charge is 0.120 e. The third-order valence-corrected chi connectivity index (χ3v) is 5.13. The molecule has 1 aromatic carbocycles. The Morgan fingerprint density at radius 3 is 2.72 bits per heavy atom. The van der Waals surface area contributed by atoms with Crippen molar-refractivity contribution in [1.82, 2.24) is 0 Å². The third kappa shape index (κ3) is 3.64. The minimum absolute atomic E-state index is 0.358. The van der Waals surface area contributed by atoms with E-state index >= 15 is 0 Å². The van der Waals surface area contributed by atoms with Crippen LogP contribution in [-0.4, -0.2) is 7.11 Å². The Morgan fingerprint density at radius 1 is 1.39 bits per heavy atom.